The molecule has 1 amide bonds. The highest BCUT2D eigenvalue weighted by Crippen LogP contribution is 2.10. The number of amides is 1. The Hall–Kier alpha value is -1.32. The molecule has 0 fully saturated rings. The van der Waals surface area contributed by atoms with Crippen LogP contribution in [-0.2, 0) is 0 Å². The first kappa shape index (κ1) is 8.77. The van der Waals surface area contributed by atoms with Crippen LogP contribution in [0.2, 0.25) is 0 Å². The summed E-state index contributed by atoms with van der Waals surface area (Å²) in [6, 6.07) is 0. The van der Waals surface area contributed by atoms with Gasteiger partial charge in [0, 0.05) is 19.8 Å². The number of aryl methyl sites for hydroxylation is 2. The molecular formula is C8H13N3O. The summed E-state index contributed by atoms with van der Waals surface area (Å²) in [6.45, 7) is 3.66. The maximum atomic E-state index is 11.5. The molecule has 12 heavy (non-hydrogen) atoms. The Morgan fingerprint density at radius 2 is 2.00 bits per heavy atom. The van der Waals surface area contributed by atoms with E-state index in [0.29, 0.717) is 5.56 Å². The van der Waals surface area contributed by atoms with Crippen molar-refractivity contribution in [3.8, 4) is 0 Å². The van der Waals surface area contributed by atoms with Gasteiger partial charge in [0.05, 0.1) is 11.3 Å². The van der Waals surface area contributed by atoms with Gasteiger partial charge in [-0.3, -0.25) is 9.89 Å². The minimum absolute atomic E-state index is 0.00116. The Kier molecular flexibility index (Phi) is 2.17. The average molecular weight is 167 g/mol. The summed E-state index contributed by atoms with van der Waals surface area (Å²) < 4.78 is 0. The summed E-state index contributed by atoms with van der Waals surface area (Å²) in [5.41, 5.74) is 2.26. The zero-order valence-corrected chi connectivity index (χ0v) is 7.80. The summed E-state index contributed by atoms with van der Waals surface area (Å²) in [6.07, 6.45) is 0. The quantitative estimate of drug-likeness (QED) is 0.670. The fourth-order valence-electron chi connectivity index (χ4n) is 1.09. The Morgan fingerprint density at radius 3 is 2.33 bits per heavy atom. The molecule has 0 aliphatic rings. The Morgan fingerprint density at radius 1 is 1.42 bits per heavy atom. The molecule has 0 saturated carbocycles. The van der Waals surface area contributed by atoms with Crippen LogP contribution in [0.1, 0.15) is 21.7 Å². The molecular weight excluding hydrogens is 154 g/mol. The second-order valence-corrected chi connectivity index (χ2v) is 3.01. The number of hydrogen-bond acceptors (Lipinski definition) is 2. The highest BCUT2D eigenvalue weighted by atomic mass is 16.2. The van der Waals surface area contributed by atoms with Gasteiger partial charge in [0.15, 0.2) is 0 Å². The summed E-state index contributed by atoms with van der Waals surface area (Å²) in [5.74, 6) is -0.00116. The van der Waals surface area contributed by atoms with Gasteiger partial charge in [0.25, 0.3) is 5.91 Å². The SMILES string of the molecule is Cc1n[nH]c(C)c1C(=O)N(C)C. The van der Waals surface area contributed by atoms with E-state index in [1.165, 1.54) is 0 Å². The molecule has 66 valence electrons. The van der Waals surface area contributed by atoms with Gasteiger partial charge in [-0.2, -0.15) is 5.10 Å². The summed E-state index contributed by atoms with van der Waals surface area (Å²) in [7, 11) is 3.46. The van der Waals surface area contributed by atoms with Crippen LogP contribution in [0.3, 0.4) is 0 Å². The Balaban J connectivity index is 3.09. The second-order valence-electron chi connectivity index (χ2n) is 3.01. The van der Waals surface area contributed by atoms with Crippen molar-refractivity contribution in [3.05, 3.63) is 17.0 Å². The predicted octanol–water partition coefficient (Wildman–Crippen LogP) is 0.728. The van der Waals surface area contributed by atoms with Crippen molar-refractivity contribution in [1.29, 1.82) is 0 Å². The third-order valence-corrected chi connectivity index (χ3v) is 1.75. The first-order valence-electron chi connectivity index (χ1n) is 3.77. The molecule has 1 heterocycles. The zero-order chi connectivity index (χ0) is 9.30. The molecule has 0 spiro atoms. The normalized spacial score (nSPS) is 10.0. The van der Waals surface area contributed by atoms with E-state index < -0.39 is 0 Å². The van der Waals surface area contributed by atoms with Crippen LogP contribution in [0.15, 0.2) is 0 Å². The van der Waals surface area contributed by atoms with Crippen molar-refractivity contribution < 1.29 is 4.79 Å². The highest BCUT2D eigenvalue weighted by molar-refractivity contribution is 5.95. The average Bonchev–Trinajstić information content (AvgIpc) is 2.30. The number of H-pyrrole nitrogens is 1. The number of aromatic amines is 1. The lowest BCUT2D eigenvalue weighted by molar-refractivity contribution is 0.0826. The number of rotatable bonds is 1. The molecule has 0 bridgehead atoms. The Bertz CT molecular complexity index is 282. The van der Waals surface area contributed by atoms with E-state index in [0.717, 1.165) is 11.4 Å². The summed E-state index contributed by atoms with van der Waals surface area (Å²) in [5, 5.41) is 6.72. The van der Waals surface area contributed by atoms with Crippen molar-refractivity contribution in [2.24, 2.45) is 0 Å². The maximum Gasteiger partial charge on any atom is 0.257 e. The van der Waals surface area contributed by atoms with Crippen LogP contribution in [0, 0.1) is 13.8 Å². The smallest absolute Gasteiger partial charge is 0.257 e. The molecule has 1 rings (SSSR count). The molecule has 0 aliphatic heterocycles. The lowest BCUT2D eigenvalue weighted by Crippen LogP contribution is -2.22. The fraction of sp³-hybridized carbons (Fsp3) is 0.500. The van der Waals surface area contributed by atoms with Gasteiger partial charge in [-0.1, -0.05) is 0 Å². The third kappa shape index (κ3) is 1.32. The van der Waals surface area contributed by atoms with E-state index in [9.17, 15) is 4.79 Å². The van der Waals surface area contributed by atoms with Gasteiger partial charge >= 0.3 is 0 Å². The first-order valence-corrected chi connectivity index (χ1v) is 3.77. The van der Waals surface area contributed by atoms with Crippen LogP contribution < -0.4 is 0 Å². The molecule has 0 atom stereocenters. The van der Waals surface area contributed by atoms with Gasteiger partial charge in [0.2, 0.25) is 0 Å². The molecule has 4 nitrogen and oxygen atoms in total. The van der Waals surface area contributed by atoms with Gasteiger partial charge in [-0.05, 0) is 13.8 Å². The predicted molar refractivity (Wildman–Crippen MR) is 46.1 cm³/mol. The summed E-state index contributed by atoms with van der Waals surface area (Å²) >= 11 is 0. The number of aromatic nitrogens is 2. The number of hydrogen-bond donors (Lipinski definition) is 1. The Labute approximate surface area is 71.6 Å². The molecule has 0 saturated heterocycles. The number of nitrogens with one attached hydrogen (secondary N) is 1. The van der Waals surface area contributed by atoms with Crippen molar-refractivity contribution in [3.63, 3.8) is 0 Å². The number of carbonyl (C=O) groups is 1. The van der Waals surface area contributed by atoms with Gasteiger partial charge in [-0.15, -0.1) is 0 Å². The van der Waals surface area contributed by atoms with Crippen LogP contribution >= 0.6 is 0 Å². The fourth-order valence-corrected chi connectivity index (χ4v) is 1.09. The molecule has 4 heteroatoms. The monoisotopic (exact) mass is 167 g/mol. The van der Waals surface area contributed by atoms with Crippen molar-refractivity contribution >= 4 is 5.91 Å². The van der Waals surface area contributed by atoms with Crippen molar-refractivity contribution in [1.82, 2.24) is 15.1 Å². The molecule has 1 N–H and O–H groups in total. The van der Waals surface area contributed by atoms with Crippen LogP contribution in [0.25, 0.3) is 0 Å². The maximum absolute atomic E-state index is 11.5. The zero-order valence-electron chi connectivity index (χ0n) is 7.80. The van der Waals surface area contributed by atoms with Crippen LogP contribution in [0.5, 0.6) is 0 Å². The second kappa shape index (κ2) is 2.97. The van der Waals surface area contributed by atoms with E-state index >= 15 is 0 Å². The minimum atomic E-state index is -0.00116. The van der Waals surface area contributed by atoms with E-state index in [4.69, 9.17) is 0 Å². The summed E-state index contributed by atoms with van der Waals surface area (Å²) in [4.78, 5) is 13.1. The van der Waals surface area contributed by atoms with E-state index in [-0.39, 0.29) is 5.91 Å². The van der Waals surface area contributed by atoms with Gasteiger partial charge < -0.3 is 4.90 Å². The van der Waals surface area contributed by atoms with Gasteiger partial charge in [-0.25, -0.2) is 0 Å². The molecule has 0 unspecified atom stereocenters. The van der Waals surface area contributed by atoms with Crippen molar-refractivity contribution in [2.45, 2.75) is 13.8 Å². The van der Waals surface area contributed by atoms with Crippen molar-refractivity contribution in [2.75, 3.05) is 14.1 Å². The number of nitrogens with zero attached hydrogens (tertiary/aromatic N) is 2. The molecule has 1 aromatic heterocycles. The topological polar surface area (TPSA) is 49.0 Å². The number of carbonyl (C=O) groups excluding carboxylic acids is 1. The molecule has 1 aromatic rings. The van der Waals surface area contributed by atoms with Crippen LogP contribution in [0.4, 0.5) is 0 Å². The largest absolute Gasteiger partial charge is 0.345 e. The standard InChI is InChI=1S/C8H13N3O/c1-5-7(6(2)10-9-5)8(12)11(3)4/h1-4H3,(H,9,10). The van der Waals surface area contributed by atoms with E-state index in [2.05, 4.69) is 10.2 Å². The van der Waals surface area contributed by atoms with E-state index in [1.54, 1.807) is 19.0 Å². The minimum Gasteiger partial charge on any atom is -0.345 e. The van der Waals surface area contributed by atoms with Gasteiger partial charge in [0.1, 0.15) is 0 Å². The van der Waals surface area contributed by atoms with E-state index in [1.807, 2.05) is 13.8 Å². The lowest BCUT2D eigenvalue weighted by atomic mass is 10.2. The molecule has 0 radical (unpaired) electrons. The third-order valence-electron chi connectivity index (χ3n) is 1.75. The molecule has 0 aliphatic carbocycles. The molecule has 0 aromatic carbocycles. The first-order chi connectivity index (χ1) is 5.54. The lowest BCUT2D eigenvalue weighted by Gasteiger charge is -2.09. The highest BCUT2D eigenvalue weighted by Gasteiger charge is 2.16. The van der Waals surface area contributed by atoms with Crippen LogP contribution in [-0.4, -0.2) is 35.1 Å².